The van der Waals surface area contributed by atoms with Crippen molar-refractivity contribution < 1.29 is 14.7 Å². The molecule has 0 saturated carbocycles. The van der Waals surface area contributed by atoms with Crippen LogP contribution in [0.4, 0.5) is 5.69 Å². The summed E-state index contributed by atoms with van der Waals surface area (Å²) in [6, 6.07) is 13.5. The van der Waals surface area contributed by atoms with Gasteiger partial charge in [0.05, 0.1) is 5.57 Å². The van der Waals surface area contributed by atoms with Crippen molar-refractivity contribution in [2.75, 3.05) is 25.0 Å². The summed E-state index contributed by atoms with van der Waals surface area (Å²) < 4.78 is 0.810. The highest BCUT2D eigenvalue weighted by atomic mass is 79.9. The smallest absolute Gasteiger partial charge is 0.260 e. The number of carbonyl (C=O) groups excluding carboxylic acids is 2. The summed E-state index contributed by atoms with van der Waals surface area (Å²) in [4.78, 5) is 26.9. The average molecular weight is 484 g/mol. The molecule has 2 aliphatic heterocycles. The number of aliphatic hydroxyl groups is 1. The predicted molar refractivity (Wildman–Crippen MR) is 124 cm³/mol. The Morgan fingerprint density at radius 3 is 2.52 bits per heavy atom. The highest BCUT2D eigenvalue weighted by molar-refractivity contribution is 9.10. The quantitative estimate of drug-likeness (QED) is 0.430. The SMILES string of the molecule is O=C1NC(=O)c2ccc(Br)cc2/C1=C/Nc1ccc(CN2CCC(CCO)CC2)cc1. The number of halogens is 1. The first-order chi connectivity index (χ1) is 15.0. The molecule has 4 rings (SSSR count). The monoisotopic (exact) mass is 483 g/mol. The molecule has 2 aromatic carbocycles. The topological polar surface area (TPSA) is 81.7 Å². The highest BCUT2D eigenvalue weighted by Crippen LogP contribution is 2.27. The number of likely N-dealkylation sites (tertiary alicyclic amines) is 1. The van der Waals surface area contributed by atoms with E-state index in [1.165, 1.54) is 5.56 Å². The molecule has 31 heavy (non-hydrogen) atoms. The molecule has 2 amide bonds. The van der Waals surface area contributed by atoms with Gasteiger partial charge < -0.3 is 10.4 Å². The summed E-state index contributed by atoms with van der Waals surface area (Å²) >= 11 is 3.41. The average Bonchev–Trinajstić information content (AvgIpc) is 2.76. The maximum atomic E-state index is 12.4. The van der Waals surface area contributed by atoms with Crippen LogP contribution >= 0.6 is 15.9 Å². The number of hydrogen-bond donors (Lipinski definition) is 3. The number of nitrogens with zero attached hydrogens (tertiary/aromatic N) is 1. The Labute approximate surface area is 190 Å². The van der Waals surface area contributed by atoms with Gasteiger partial charge in [0.25, 0.3) is 11.8 Å². The molecule has 2 aromatic rings. The van der Waals surface area contributed by atoms with Gasteiger partial charge in [-0.2, -0.15) is 0 Å². The number of hydrogen-bond acceptors (Lipinski definition) is 5. The van der Waals surface area contributed by atoms with Crippen LogP contribution in [-0.2, 0) is 11.3 Å². The van der Waals surface area contributed by atoms with Crippen LogP contribution in [0.25, 0.3) is 5.57 Å². The van der Waals surface area contributed by atoms with Gasteiger partial charge in [-0.15, -0.1) is 0 Å². The maximum Gasteiger partial charge on any atom is 0.260 e. The van der Waals surface area contributed by atoms with Gasteiger partial charge in [-0.25, -0.2) is 0 Å². The van der Waals surface area contributed by atoms with E-state index in [9.17, 15) is 9.59 Å². The molecular formula is C24H26BrN3O3. The van der Waals surface area contributed by atoms with Gasteiger partial charge >= 0.3 is 0 Å². The Bertz CT molecular complexity index is 996. The van der Waals surface area contributed by atoms with E-state index in [2.05, 4.69) is 43.6 Å². The highest BCUT2D eigenvalue weighted by Gasteiger charge is 2.27. The second-order valence-corrected chi connectivity index (χ2v) is 9.02. The van der Waals surface area contributed by atoms with Crippen LogP contribution in [0.2, 0.25) is 0 Å². The van der Waals surface area contributed by atoms with Crippen molar-refractivity contribution in [3.63, 3.8) is 0 Å². The predicted octanol–water partition coefficient (Wildman–Crippen LogP) is 3.77. The van der Waals surface area contributed by atoms with Gasteiger partial charge in [0, 0.05) is 40.6 Å². The molecule has 0 unspecified atom stereocenters. The third kappa shape index (κ3) is 5.23. The molecule has 0 spiro atoms. The number of imide groups is 1. The van der Waals surface area contributed by atoms with Crippen molar-refractivity contribution in [3.05, 3.63) is 69.8 Å². The fourth-order valence-electron chi connectivity index (χ4n) is 4.18. The molecule has 7 heteroatoms. The summed E-state index contributed by atoms with van der Waals surface area (Å²) in [5.74, 6) is -0.141. The number of aliphatic hydroxyl groups excluding tert-OH is 1. The lowest BCUT2D eigenvalue weighted by Crippen LogP contribution is -2.36. The molecule has 3 N–H and O–H groups in total. The largest absolute Gasteiger partial charge is 0.396 e. The third-order valence-corrected chi connectivity index (χ3v) is 6.47. The Morgan fingerprint density at radius 2 is 1.81 bits per heavy atom. The van der Waals surface area contributed by atoms with E-state index in [0.717, 1.165) is 49.1 Å². The fourth-order valence-corrected chi connectivity index (χ4v) is 4.54. The van der Waals surface area contributed by atoms with Crippen LogP contribution in [-0.4, -0.2) is 41.5 Å². The fraction of sp³-hybridized carbons (Fsp3) is 0.333. The summed E-state index contributed by atoms with van der Waals surface area (Å²) in [5, 5.41) is 14.7. The normalized spacial score (nSPS) is 18.7. The molecule has 2 aliphatic rings. The van der Waals surface area contributed by atoms with Crippen molar-refractivity contribution >= 4 is 39.0 Å². The molecule has 0 radical (unpaired) electrons. The van der Waals surface area contributed by atoms with Gasteiger partial charge in [0.15, 0.2) is 0 Å². The zero-order valence-corrected chi connectivity index (χ0v) is 18.8. The molecule has 0 atom stereocenters. The van der Waals surface area contributed by atoms with E-state index in [1.807, 2.05) is 12.1 Å². The maximum absolute atomic E-state index is 12.4. The van der Waals surface area contributed by atoms with Crippen molar-refractivity contribution in [2.24, 2.45) is 5.92 Å². The second kappa shape index (κ2) is 9.77. The number of anilines is 1. The van der Waals surface area contributed by atoms with Gasteiger partial charge in [0.1, 0.15) is 0 Å². The van der Waals surface area contributed by atoms with Gasteiger partial charge in [0.2, 0.25) is 0 Å². The number of piperidine rings is 1. The first kappa shape index (κ1) is 21.7. The van der Waals surface area contributed by atoms with E-state index < -0.39 is 5.91 Å². The summed E-state index contributed by atoms with van der Waals surface area (Å²) in [7, 11) is 0. The lowest BCUT2D eigenvalue weighted by molar-refractivity contribution is -0.114. The number of rotatable bonds is 6. The first-order valence-electron chi connectivity index (χ1n) is 10.6. The zero-order valence-electron chi connectivity index (χ0n) is 17.2. The number of fused-ring (bicyclic) bond motifs is 1. The van der Waals surface area contributed by atoms with E-state index >= 15 is 0 Å². The Morgan fingerprint density at radius 1 is 1.06 bits per heavy atom. The molecule has 0 bridgehead atoms. The summed E-state index contributed by atoms with van der Waals surface area (Å²) in [5.41, 5.74) is 3.63. The molecule has 6 nitrogen and oxygen atoms in total. The molecular weight excluding hydrogens is 458 g/mol. The molecule has 0 aliphatic carbocycles. The minimum atomic E-state index is -0.413. The minimum Gasteiger partial charge on any atom is -0.396 e. The summed E-state index contributed by atoms with van der Waals surface area (Å²) in [6.07, 6.45) is 4.86. The second-order valence-electron chi connectivity index (χ2n) is 8.10. The van der Waals surface area contributed by atoms with Crippen LogP contribution in [0.3, 0.4) is 0 Å². The van der Waals surface area contributed by atoms with Crippen molar-refractivity contribution in [1.29, 1.82) is 0 Å². The van der Waals surface area contributed by atoms with Gasteiger partial charge in [-0.1, -0.05) is 28.1 Å². The lowest BCUT2D eigenvalue weighted by Gasteiger charge is -2.31. The van der Waals surface area contributed by atoms with Gasteiger partial charge in [-0.05, 0) is 74.2 Å². The standard InChI is InChI=1S/C24H26BrN3O3/c25-18-3-6-20-21(13-18)22(24(31)27-23(20)30)14-26-19-4-1-17(2-5-19)15-28-10-7-16(8-11-28)9-12-29/h1-6,13-14,16,26,29H,7-12,15H2,(H,27,30,31)/b22-14-. The number of nitrogens with one attached hydrogen (secondary N) is 2. The lowest BCUT2D eigenvalue weighted by atomic mass is 9.94. The molecule has 0 aromatic heterocycles. The van der Waals surface area contributed by atoms with Crippen LogP contribution in [0, 0.1) is 5.92 Å². The molecule has 2 heterocycles. The molecule has 1 saturated heterocycles. The van der Waals surface area contributed by atoms with Crippen LogP contribution in [0.5, 0.6) is 0 Å². The Hall–Kier alpha value is -2.48. The zero-order chi connectivity index (χ0) is 21.8. The number of benzene rings is 2. The van der Waals surface area contributed by atoms with Crippen molar-refractivity contribution in [2.45, 2.75) is 25.8 Å². The number of carbonyl (C=O) groups is 2. The number of amides is 2. The Balaban J connectivity index is 1.40. The van der Waals surface area contributed by atoms with Crippen molar-refractivity contribution in [3.8, 4) is 0 Å². The Kier molecular flexibility index (Phi) is 6.85. The van der Waals surface area contributed by atoms with E-state index in [-0.39, 0.29) is 12.5 Å². The first-order valence-corrected chi connectivity index (χ1v) is 11.4. The third-order valence-electron chi connectivity index (χ3n) is 5.98. The van der Waals surface area contributed by atoms with Crippen molar-refractivity contribution in [1.82, 2.24) is 10.2 Å². The van der Waals surface area contributed by atoms with E-state index in [4.69, 9.17) is 5.11 Å². The van der Waals surface area contributed by atoms with Crippen LogP contribution < -0.4 is 10.6 Å². The molecule has 1 fully saturated rings. The van der Waals surface area contributed by atoms with Crippen LogP contribution in [0.1, 0.15) is 40.7 Å². The van der Waals surface area contributed by atoms with Crippen LogP contribution in [0.15, 0.2) is 53.1 Å². The van der Waals surface area contributed by atoms with E-state index in [1.54, 1.807) is 24.4 Å². The van der Waals surface area contributed by atoms with E-state index in [0.29, 0.717) is 22.6 Å². The minimum absolute atomic E-state index is 0.288. The summed E-state index contributed by atoms with van der Waals surface area (Å²) in [6.45, 7) is 3.34. The molecule has 162 valence electrons. The van der Waals surface area contributed by atoms with Gasteiger partial charge in [-0.3, -0.25) is 19.8 Å².